The number of carbonyl (C=O) groups excluding carboxylic acids is 2. The molecule has 7 nitrogen and oxygen atoms in total. The van der Waals surface area contributed by atoms with Gasteiger partial charge in [0.25, 0.3) is 5.91 Å². The van der Waals surface area contributed by atoms with Crippen LogP contribution >= 0.6 is 11.8 Å². The summed E-state index contributed by atoms with van der Waals surface area (Å²) in [6, 6.07) is 12.3. The molecule has 0 aromatic heterocycles. The lowest BCUT2D eigenvalue weighted by Gasteiger charge is -2.15. The number of ether oxygens (including phenoxy) is 1. The van der Waals surface area contributed by atoms with Crippen LogP contribution in [0.3, 0.4) is 0 Å². The van der Waals surface area contributed by atoms with Crippen LogP contribution in [-0.2, 0) is 19.6 Å². The van der Waals surface area contributed by atoms with Gasteiger partial charge < -0.3 is 10.1 Å². The first kappa shape index (κ1) is 20.9. The van der Waals surface area contributed by atoms with Crippen LogP contribution in [0.4, 0.5) is 0 Å². The number of primary sulfonamides is 1. The van der Waals surface area contributed by atoms with Crippen LogP contribution in [0.25, 0.3) is 0 Å². The molecule has 0 heterocycles. The van der Waals surface area contributed by atoms with Gasteiger partial charge in [-0.05, 0) is 55.1 Å². The normalized spacial score (nSPS) is 12.3. The first-order valence-corrected chi connectivity index (χ1v) is 10.7. The third-order valence-corrected chi connectivity index (χ3v) is 5.42. The Balaban J connectivity index is 1.88. The van der Waals surface area contributed by atoms with E-state index in [0.717, 1.165) is 4.90 Å². The molecular formula is C18H20N2O5S2. The average molecular weight is 409 g/mol. The Morgan fingerprint density at radius 1 is 1.11 bits per heavy atom. The topological polar surface area (TPSA) is 116 Å². The number of benzene rings is 2. The Bertz CT molecular complexity index is 910. The van der Waals surface area contributed by atoms with Crippen molar-refractivity contribution in [1.29, 1.82) is 0 Å². The molecule has 0 saturated carbocycles. The largest absolute Gasteiger partial charge is 0.452 e. The summed E-state index contributed by atoms with van der Waals surface area (Å²) in [5, 5.41) is 7.73. The predicted molar refractivity (Wildman–Crippen MR) is 103 cm³/mol. The first-order chi connectivity index (χ1) is 12.7. The van der Waals surface area contributed by atoms with E-state index >= 15 is 0 Å². The number of hydrogen-bond acceptors (Lipinski definition) is 6. The molecule has 0 radical (unpaired) electrons. The molecule has 9 heteroatoms. The van der Waals surface area contributed by atoms with E-state index in [0.29, 0.717) is 11.1 Å². The van der Waals surface area contributed by atoms with Gasteiger partial charge in [0.2, 0.25) is 10.0 Å². The van der Waals surface area contributed by atoms with Crippen LogP contribution < -0.4 is 10.5 Å². The Labute approximate surface area is 162 Å². The summed E-state index contributed by atoms with van der Waals surface area (Å²) in [5.74, 6) is -1.05. The summed E-state index contributed by atoms with van der Waals surface area (Å²) < 4.78 is 27.5. The van der Waals surface area contributed by atoms with Crippen molar-refractivity contribution >= 4 is 33.7 Å². The molecule has 0 aliphatic carbocycles. The molecule has 0 saturated heterocycles. The van der Waals surface area contributed by atoms with E-state index < -0.39 is 34.5 Å². The minimum absolute atomic E-state index is 0.00815. The van der Waals surface area contributed by atoms with Gasteiger partial charge in [-0.25, -0.2) is 18.4 Å². The molecule has 0 fully saturated rings. The summed E-state index contributed by atoms with van der Waals surface area (Å²) in [6.07, 6.45) is 1.93. The molecule has 2 aromatic carbocycles. The van der Waals surface area contributed by atoms with Crippen LogP contribution in [0, 0.1) is 0 Å². The van der Waals surface area contributed by atoms with Gasteiger partial charge in [0.05, 0.1) is 16.5 Å². The van der Waals surface area contributed by atoms with Crippen molar-refractivity contribution in [3.8, 4) is 0 Å². The van der Waals surface area contributed by atoms with Gasteiger partial charge in [-0.3, -0.25) is 4.79 Å². The second kappa shape index (κ2) is 9.03. The molecule has 27 heavy (non-hydrogen) atoms. The molecule has 0 aliphatic rings. The van der Waals surface area contributed by atoms with Gasteiger partial charge >= 0.3 is 5.97 Å². The number of sulfonamides is 1. The first-order valence-electron chi connectivity index (χ1n) is 7.94. The highest BCUT2D eigenvalue weighted by molar-refractivity contribution is 7.98. The van der Waals surface area contributed by atoms with Gasteiger partial charge in [-0.1, -0.05) is 12.1 Å². The Morgan fingerprint density at radius 3 is 2.22 bits per heavy atom. The van der Waals surface area contributed by atoms with Crippen LogP contribution in [0.2, 0.25) is 0 Å². The minimum Gasteiger partial charge on any atom is -0.452 e. The Hall–Kier alpha value is -2.36. The molecule has 0 spiro atoms. The number of nitrogens with one attached hydrogen (secondary N) is 1. The van der Waals surface area contributed by atoms with E-state index in [9.17, 15) is 18.0 Å². The molecule has 2 rings (SSSR count). The maximum atomic E-state index is 12.0. The second-order valence-electron chi connectivity index (χ2n) is 5.71. The SMILES string of the molecule is CSc1ccc(C(=O)OCC(=O)N[C@H](C)c2ccc(S(N)(=O)=O)cc2)cc1. The molecular weight excluding hydrogens is 388 g/mol. The van der Waals surface area contributed by atoms with E-state index in [1.165, 1.54) is 12.1 Å². The number of esters is 1. The lowest BCUT2D eigenvalue weighted by Crippen LogP contribution is -2.31. The smallest absolute Gasteiger partial charge is 0.338 e. The molecule has 3 N–H and O–H groups in total. The second-order valence-corrected chi connectivity index (χ2v) is 8.15. The van der Waals surface area contributed by atoms with Crippen molar-refractivity contribution < 1.29 is 22.7 Å². The fourth-order valence-corrected chi connectivity index (χ4v) is 3.18. The molecule has 1 amide bonds. The summed E-state index contributed by atoms with van der Waals surface area (Å²) in [5.41, 5.74) is 1.06. The maximum absolute atomic E-state index is 12.0. The third-order valence-electron chi connectivity index (χ3n) is 3.75. The third kappa shape index (κ3) is 6.09. The van der Waals surface area contributed by atoms with Crippen LogP contribution in [0.15, 0.2) is 58.3 Å². The van der Waals surface area contributed by atoms with Crippen LogP contribution in [0.1, 0.15) is 28.9 Å². The summed E-state index contributed by atoms with van der Waals surface area (Å²) in [4.78, 5) is 25.0. The molecule has 0 bridgehead atoms. The van der Waals surface area contributed by atoms with E-state index in [1.54, 1.807) is 55.1 Å². The van der Waals surface area contributed by atoms with Crippen molar-refractivity contribution in [3.63, 3.8) is 0 Å². The number of nitrogens with two attached hydrogens (primary N) is 1. The zero-order valence-electron chi connectivity index (χ0n) is 14.8. The maximum Gasteiger partial charge on any atom is 0.338 e. The van der Waals surface area contributed by atoms with Crippen molar-refractivity contribution in [2.24, 2.45) is 5.14 Å². The van der Waals surface area contributed by atoms with Crippen LogP contribution in [-0.4, -0.2) is 33.2 Å². The molecule has 144 valence electrons. The van der Waals surface area contributed by atoms with Gasteiger partial charge in [-0.15, -0.1) is 11.8 Å². The van der Waals surface area contributed by atoms with Crippen molar-refractivity contribution in [2.45, 2.75) is 22.8 Å². The van der Waals surface area contributed by atoms with E-state index in [-0.39, 0.29) is 4.90 Å². The fraction of sp³-hybridized carbons (Fsp3) is 0.222. The van der Waals surface area contributed by atoms with Crippen molar-refractivity contribution in [3.05, 3.63) is 59.7 Å². The quantitative estimate of drug-likeness (QED) is 0.535. The fourth-order valence-electron chi connectivity index (χ4n) is 2.25. The molecule has 2 aromatic rings. The molecule has 0 aliphatic heterocycles. The Kier molecular flexibility index (Phi) is 7.00. The lowest BCUT2D eigenvalue weighted by molar-refractivity contribution is -0.124. The lowest BCUT2D eigenvalue weighted by atomic mass is 10.1. The highest BCUT2D eigenvalue weighted by Crippen LogP contribution is 2.16. The molecule has 1 atom stereocenters. The summed E-state index contributed by atoms with van der Waals surface area (Å²) >= 11 is 1.56. The number of rotatable bonds is 7. The highest BCUT2D eigenvalue weighted by atomic mass is 32.2. The van der Waals surface area contributed by atoms with Crippen molar-refractivity contribution in [1.82, 2.24) is 5.32 Å². The number of thioether (sulfide) groups is 1. The monoisotopic (exact) mass is 408 g/mol. The number of amides is 1. The van der Waals surface area contributed by atoms with E-state index in [4.69, 9.17) is 9.88 Å². The standard InChI is InChI=1S/C18H20N2O5S2/c1-12(13-5-9-16(10-6-13)27(19,23)24)20-17(21)11-25-18(22)14-3-7-15(26-2)8-4-14/h3-10,12H,11H2,1-2H3,(H,20,21)(H2,19,23,24)/t12-/m1/s1. The van der Waals surface area contributed by atoms with Crippen molar-refractivity contribution in [2.75, 3.05) is 12.9 Å². The molecule has 0 unspecified atom stereocenters. The highest BCUT2D eigenvalue weighted by Gasteiger charge is 2.14. The summed E-state index contributed by atoms with van der Waals surface area (Å²) in [6.45, 7) is 1.32. The van der Waals surface area contributed by atoms with Gasteiger partial charge in [-0.2, -0.15) is 0 Å². The summed E-state index contributed by atoms with van der Waals surface area (Å²) in [7, 11) is -3.76. The van der Waals surface area contributed by atoms with Gasteiger partial charge in [0, 0.05) is 4.90 Å². The Morgan fingerprint density at radius 2 is 1.70 bits per heavy atom. The predicted octanol–water partition coefficient (Wildman–Crippen LogP) is 2.09. The average Bonchev–Trinajstić information content (AvgIpc) is 2.65. The van der Waals surface area contributed by atoms with Gasteiger partial charge in [0.1, 0.15) is 0 Å². The van der Waals surface area contributed by atoms with Gasteiger partial charge in [0.15, 0.2) is 6.61 Å². The minimum atomic E-state index is -3.76. The van der Waals surface area contributed by atoms with E-state index in [1.807, 2.05) is 6.26 Å². The number of carbonyl (C=O) groups is 2. The van der Waals surface area contributed by atoms with Crippen LogP contribution in [0.5, 0.6) is 0 Å². The number of hydrogen-bond donors (Lipinski definition) is 2. The van der Waals surface area contributed by atoms with E-state index in [2.05, 4.69) is 5.32 Å². The zero-order valence-corrected chi connectivity index (χ0v) is 16.5. The zero-order chi connectivity index (χ0) is 20.0.